The van der Waals surface area contributed by atoms with E-state index in [0.717, 1.165) is 29.5 Å². The van der Waals surface area contributed by atoms with Crippen LogP contribution in [0, 0.1) is 0 Å². The molecule has 0 bridgehead atoms. The number of amides is 1. The Morgan fingerprint density at radius 2 is 1.97 bits per heavy atom. The van der Waals surface area contributed by atoms with Crippen LogP contribution in [-0.2, 0) is 30.7 Å². The number of halogens is 3. The molecule has 11 nitrogen and oxygen atoms in total. The number of hydrogen-bond donors (Lipinski definition) is 3. The Bertz CT molecular complexity index is 1350. The molecule has 4 rings (SSSR count). The molecule has 3 heterocycles. The largest absolute Gasteiger partial charge is 0.573 e. The molecule has 3 N–H and O–H groups in total. The predicted molar refractivity (Wildman–Crippen MR) is 134 cm³/mol. The van der Waals surface area contributed by atoms with E-state index in [9.17, 15) is 23.1 Å². The van der Waals surface area contributed by atoms with Gasteiger partial charge in [0.1, 0.15) is 16.5 Å². The number of nitrogens with one attached hydrogen (secondary N) is 2. The molecule has 0 radical (unpaired) electrons. The molecule has 206 valence electrons. The number of anilines is 1. The summed E-state index contributed by atoms with van der Waals surface area (Å²) in [6, 6.07) is 8.97. The van der Waals surface area contributed by atoms with Gasteiger partial charge in [0.05, 0.1) is 12.6 Å². The van der Waals surface area contributed by atoms with Gasteiger partial charge in [-0.2, -0.15) is 0 Å². The molecule has 0 saturated carbocycles. The number of hydrogen-bond acceptors (Lipinski definition) is 10. The highest BCUT2D eigenvalue weighted by atomic mass is 32.1. The maximum atomic E-state index is 12.4. The van der Waals surface area contributed by atoms with Gasteiger partial charge in [-0.3, -0.25) is 19.8 Å². The average molecular weight is 563 g/mol. The molecular formula is C24H25F3N8O3S. The molecule has 0 aliphatic heterocycles. The minimum Gasteiger partial charge on any atom is -0.406 e. The first-order valence-electron chi connectivity index (χ1n) is 11.9. The maximum absolute atomic E-state index is 12.4. The zero-order valence-electron chi connectivity index (χ0n) is 20.5. The van der Waals surface area contributed by atoms with E-state index in [4.69, 9.17) is 0 Å². The number of aliphatic hydroxyl groups is 1. The summed E-state index contributed by atoms with van der Waals surface area (Å²) >= 11 is 1.23. The number of ether oxygens (including phenoxy) is 1. The monoisotopic (exact) mass is 562 g/mol. The Hall–Kier alpha value is -3.95. The van der Waals surface area contributed by atoms with E-state index in [0.29, 0.717) is 35.9 Å². The van der Waals surface area contributed by atoms with Crippen molar-refractivity contribution in [3.8, 4) is 5.75 Å². The molecule has 4 aromatic rings. The first-order valence-corrected chi connectivity index (χ1v) is 12.7. The normalized spacial score (nSPS) is 12.3. The molecule has 0 fully saturated rings. The number of rotatable bonds is 13. The Morgan fingerprint density at radius 1 is 1.13 bits per heavy atom. The number of aryl methyl sites for hydroxylation is 2. The molecule has 15 heteroatoms. The van der Waals surface area contributed by atoms with Gasteiger partial charge in [0, 0.05) is 31.9 Å². The van der Waals surface area contributed by atoms with Crippen molar-refractivity contribution in [3.05, 3.63) is 76.8 Å². The van der Waals surface area contributed by atoms with Crippen LogP contribution in [0.1, 0.15) is 40.9 Å². The standard InChI is InChI=1S/C24H25F3N8O3S/c25-24(26,27)38-18-7-3-5-16(11-18)12-20(36)30-23-33-32-21(39-23)8-1-2-10-35-15-19(31-34-35)22(37)29-14-17-6-4-9-28-13-17/h3-7,9,11,13,15,22,29,37H,1-2,8,10,12,14H2,(H,30,33,36). The van der Waals surface area contributed by atoms with E-state index < -0.39 is 18.5 Å². The van der Waals surface area contributed by atoms with Crippen LogP contribution in [0.4, 0.5) is 18.3 Å². The van der Waals surface area contributed by atoms with Gasteiger partial charge in [-0.1, -0.05) is 34.7 Å². The van der Waals surface area contributed by atoms with Crippen LogP contribution in [0.5, 0.6) is 5.75 Å². The molecule has 0 saturated heterocycles. The van der Waals surface area contributed by atoms with Crippen molar-refractivity contribution in [2.45, 2.75) is 51.4 Å². The van der Waals surface area contributed by atoms with Crippen LogP contribution in [0.2, 0.25) is 0 Å². The topological polar surface area (TPSA) is 140 Å². The van der Waals surface area contributed by atoms with Crippen molar-refractivity contribution < 1.29 is 27.8 Å². The second kappa shape index (κ2) is 13.2. The maximum Gasteiger partial charge on any atom is 0.573 e. The number of alkyl halides is 3. The molecule has 1 atom stereocenters. The van der Waals surface area contributed by atoms with Gasteiger partial charge in [0.25, 0.3) is 0 Å². The first kappa shape index (κ1) is 28.1. The van der Waals surface area contributed by atoms with Gasteiger partial charge >= 0.3 is 6.36 Å². The molecule has 0 aliphatic carbocycles. The molecule has 39 heavy (non-hydrogen) atoms. The van der Waals surface area contributed by atoms with Gasteiger partial charge in [-0.25, -0.2) is 0 Å². The quantitative estimate of drug-likeness (QED) is 0.165. The van der Waals surface area contributed by atoms with E-state index in [1.165, 1.54) is 29.5 Å². The lowest BCUT2D eigenvalue weighted by Crippen LogP contribution is -2.20. The number of aliphatic hydroxyl groups excluding tert-OH is 1. The fourth-order valence-electron chi connectivity index (χ4n) is 3.53. The summed E-state index contributed by atoms with van der Waals surface area (Å²) in [5, 5.41) is 33.0. The smallest absolute Gasteiger partial charge is 0.406 e. The third-order valence-electron chi connectivity index (χ3n) is 5.30. The van der Waals surface area contributed by atoms with Crippen LogP contribution >= 0.6 is 11.3 Å². The van der Waals surface area contributed by atoms with Gasteiger partial charge in [0.15, 0.2) is 6.23 Å². The number of carbonyl (C=O) groups excluding carboxylic acids is 1. The average Bonchev–Trinajstić information content (AvgIpc) is 3.54. The molecule has 0 aliphatic rings. The Balaban J connectivity index is 1.16. The molecule has 1 aromatic carbocycles. The Labute approximate surface area is 225 Å². The lowest BCUT2D eigenvalue weighted by molar-refractivity contribution is -0.274. The zero-order chi connectivity index (χ0) is 27.7. The van der Waals surface area contributed by atoms with Crippen molar-refractivity contribution in [3.63, 3.8) is 0 Å². The van der Waals surface area contributed by atoms with E-state index in [2.05, 4.69) is 40.9 Å². The summed E-state index contributed by atoms with van der Waals surface area (Å²) in [4.78, 5) is 16.3. The fraction of sp³-hybridized carbons (Fsp3) is 0.333. The van der Waals surface area contributed by atoms with Crippen molar-refractivity contribution in [2.24, 2.45) is 0 Å². The van der Waals surface area contributed by atoms with Crippen LogP contribution < -0.4 is 15.4 Å². The van der Waals surface area contributed by atoms with Crippen LogP contribution in [-0.4, -0.2) is 47.6 Å². The third-order valence-corrected chi connectivity index (χ3v) is 6.20. The summed E-state index contributed by atoms with van der Waals surface area (Å²) in [5.74, 6) is -0.817. The van der Waals surface area contributed by atoms with Gasteiger partial charge in [0.2, 0.25) is 11.0 Å². The Morgan fingerprint density at radius 3 is 2.77 bits per heavy atom. The highest BCUT2D eigenvalue weighted by Crippen LogP contribution is 2.24. The summed E-state index contributed by atoms with van der Waals surface area (Å²) < 4.78 is 42.7. The van der Waals surface area contributed by atoms with Gasteiger partial charge in [-0.05, 0) is 42.2 Å². The molecular weight excluding hydrogens is 537 g/mol. The lowest BCUT2D eigenvalue weighted by Gasteiger charge is -2.09. The number of aromatic nitrogens is 6. The second-order valence-electron chi connectivity index (χ2n) is 8.43. The van der Waals surface area contributed by atoms with Crippen molar-refractivity contribution in [1.82, 2.24) is 35.5 Å². The lowest BCUT2D eigenvalue weighted by atomic mass is 10.1. The van der Waals surface area contributed by atoms with E-state index >= 15 is 0 Å². The van der Waals surface area contributed by atoms with Crippen molar-refractivity contribution in [2.75, 3.05) is 5.32 Å². The number of nitrogens with zero attached hydrogens (tertiary/aromatic N) is 6. The molecule has 0 spiro atoms. The predicted octanol–water partition coefficient (Wildman–Crippen LogP) is 3.41. The first-order chi connectivity index (χ1) is 18.7. The third kappa shape index (κ3) is 9.38. The van der Waals surface area contributed by atoms with Crippen LogP contribution in [0.25, 0.3) is 0 Å². The van der Waals surface area contributed by atoms with Gasteiger partial charge in [-0.15, -0.1) is 28.5 Å². The van der Waals surface area contributed by atoms with E-state index in [-0.39, 0.29) is 12.2 Å². The number of unbranched alkanes of at least 4 members (excludes halogenated alkanes) is 1. The molecule has 1 amide bonds. The summed E-state index contributed by atoms with van der Waals surface area (Å²) in [5.41, 5.74) is 1.73. The molecule has 1 unspecified atom stereocenters. The van der Waals surface area contributed by atoms with E-state index in [1.54, 1.807) is 23.3 Å². The molecule has 3 aromatic heterocycles. The minimum absolute atomic E-state index is 0.141. The second-order valence-corrected chi connectivity index (χ2v) is 9.49. The fourth-order valence-corrected chi connectivity index (χ4v) is 4.32. The van der Waals surface area contributed by atoms with Crippen molar-refractivity contribution in [1.29, 1.82) is 0 Å². The summed E-state index contributed by atoms with van der Waals surface area (Å²) in [6.45, 7) is 1.04. The summed E-state index contributed by atoms with van der Waals surface area (Å²) in [7, 11) is 0. The highest BCUT2D eigenvalue weighted by molar-refractivity contribution is 7.15. The van der Waals surface area contributed by atoms with Crippen LogP contribution in [0.15, 0.2) is 55.0 Å². The van der Waals surface area contributed by atoms with Crippen LogP contribution in [0.3, 0.4) is 0 Å². The Kier molecular flexibility index (Phi) is 9.51. The number of pyridine rings is 1. The zero-order valence-corrected chi connectivity index (χ0v) is 21.3. The minimum atomic E-state index is -4.80. The number of carbonyl (C=O) groups is 1. The number of benzene rings is 1. The summed E-state index contributed by atoms with van der Waals surface area (Å²) in [6.07, 6.45) is 1.38. The SMILES string of the molecule is O=C(Cc1cccc(OC(F)(F)F)c1)Nc1nnc(CCCCn2cc(C(O)NCc3cccnc3)nn2)s1. The van der Waals surface area contributed by atoms with E-state index in [1.807, 2.05) is 12.1 Å². The van der Waals surface area contributed by atoms with Gasteiger partial charge < -0.3 is 15.2 Å². The van der Waals surface area contributed by atoms with Crippen molar-refractivity contribution >= 4 is 22.4 Å². The highest BCUT2D eigenvalue weighted by Gasteiger charge is 2.31.